The molecule has 1 N–H and O–H groups in total. The second-order valence-electron chi connectivity index (χ2n) is 4.16. The summed E-state index contributed by atoms with van der Waals surface area (Å²) >= 11 is 1.34. The molecule has 0 atom stereocenters. The minimum absolute atomic E-state index is 0.268. The summed E-state index contributed by atoms with van der Waals surface area (Å²) in [5.41, 5.74) is 0. The van der Waals surface area contributed by atoms with Crippen LogP contribution in [0, 0.1) is 5.82 Å². The molecule has 2 rings (SSSR count). The molecule has 112 valence electrons. The molecule has 0 unspecified atom stereocenters. The lowest BCUT2D eigenvalue weighted by atomic mass is 10.4. The Hall–Kier alpha value is -1.89. The lowest BCUT2D eigenvalue weighted by molar-refractivity contribution is 0.288. The van der Waals surface area contributed by atoms with Crippen LogP contribution in [0.15, 0.2) is 34.3 Å². The highest BCUT2D eigenvalue weighted by molar-refractivity contribution is 7.99. The number of nitrogens with one attached hydrogen (secondary N) is 1. The van der Waals surface area contributed by atoms with Gasteiger partial charge in [0, 0.05) is 11.4 Å². The Balaban J connectivity index is 2.19. The zero-order chi connectivity index (χ0) is 15.1. The maximum atomic E-state index is 12.9. The predicted molar refractivity (Wildman–Crippen MR) is 80.3 cm³/mol. The van der Waals surface area contributed by atoms with Gasteiger partial charge in [-0.3, -0.25) is 0 Å². The van der Waals surface area contributed by atoms with Crippen molar-refractivity contribution in [2.75, 3.05) is 18.5 Å². The van der Waals surface area contributed by atoms with E-state index in [1.54, 1.807) is 12.1 Å². The van der Waals surface area contributed by atoms with Crippen LogP contribution < -0.4 is 10.1 Å². The summed E-state index contributed by atoms with van der Waals surface area (Å²) in [6.45, 7) is 5.23. The molecule has 0 saturated heterocycles. The molecule has 5 nitrogen and oxygen atoms in total. The molecule has 0 radical (unpaired) electrons. The molecule has 0 saturated carbocycles. The predicted octanol–water partition coefficient (Wildman–Crippen LogP) is 3.38. The fraction of sp³-hybridized carbons (Fsp3) is 0.357. The number of hydrogen-bond donors (Lipinski definition) is 1. The van der Waals surface area contributed by atoms with Crippen LogP contribution in [0.2, 0.25) is 0 Å². The van der Waals surface area contributed by atoms with Crippen LogP contribution in [0.3, 0.4) is 0 Å². The second kappa shape index (κ2) is 7.78. The summed E-state index contributed by atoms with van der Waals surface area (Å²) in [7, 11) is 0. The molecule has 1 aromatic carbocycles. The van der Waals surface area contributed by atoms with Gasteiger partial charge in [-0.25, -0.2) is 4.39 Å². The van der Waals surface area contributed by atoms with E-state index in [-0.39, 0.29) is 5.82 Å². The maximum absolute atomic E-state index is 12.9. The van der Waals surface area contributed by atoms with E-state index in [9.17, 15) is 4.39 Å². The Morgan fingerprint density at radius 3 is 2.57 bits per heavy atom. The van der Waals surface area contributed by atoms with Crippen LogP contribution in [0.1, 0.15) is 20.3 Å². The molecule has 7 heteroatoms. The third kappa shape index (κ3) is 4.86. The van der Waals surface area contributed by atoms with Crippen molar-refractivity contribution >= 4 is 17.7 Å². The van der Waals surface area contributed by atoms with Gasteiger partial charge >= 0.3 is 6.01 Å². The fourth-order valence-electron chi connectivity index (χ4n) is 1.49. The second-order valence-corrected chi connectivity index (χ2v) is 5.20. The van der Waals surface area contributed by atoms with Crippen molar-refractivity contribution in [3.63, 3.8) is 0 Å². The lowest BCUT2D eigenvalue weighted by Crippen LogP contribution is -2.07. The number of halogens is 1. The van der Waals surface area contributed by atoms with Crippen LogP contribution in [-0.4, -0.2) is 28.1 Å². The van der Waals surface area contributed by atoms with Crippen molar-refractivity contribution in [1.29, 1.82) is 0 Å². The maximum Gasteiger partial charge on any atom is 0.322 e. The van der Waals surface area contributed by atoms with E-state index in [0.717, 1.165) is 11.3 Å². The third-order valence-corrected chi connectivity index (χ3v) is 3.26. The number of anilines is 1. The SMILES string of the molecule is CCCOc1nc(NCC)nc(Sc2ccc(F)cc2)n1. The molecule has 1 aromatic heterocycles. The van der Waals surface area contributed by atoms with Crippen LogP contribution >= 0.6 is 11.8 Å². The standard InChI is InChI=1S/C14H17FN4OS/c1-3-9-20-13-17-12(16-4-2)18-14(19-13)21-11-7-5-10(15)6-8-11/h5-8H,3-4,9H2,1-2H3,(H,16,17,18,19). The van der Waals surface area contributed by atoms with Crippen molar-refractivity contribution in [3.05, 3.63) is 30.1 Å². The number of rotatable bonds is 7. The van der Waals surface area contributed by atoms with Gasteiger partial charge in [0.15, 0.2) is 0 Å². The lowest BCUT2D eigenvalue weighted by Gasteiger charge is -2.08. The van der Waals surface area contributed by atoms with Gasteiger partial charge in [-0.15, -0.1) is 0 Å². The summed E-state index contributed by atoms with van der Waals surface area (Å²) in [6.07, 6.45) is 0.878. The Morgan fingerprint density at radius 1 is 1.14 bits per heavy atom. The van der Waals surface area contributed by atoms with Crippen molar-refractivity contribution in [3.8, 4) is 6.01 Å². The molecule has 0 aliphatic carbocycles. The van der Waals surface area contributed by atoms with E-state index in [1.165, 1.54) is 23.9 Å². The van der Waals surface area contributed by atoms with E-state index in [4.69, 9.17) is 4.74 Å². The zero-order valence-corrected chi connectivity index (χ0v) is 12.8. The number of ether oxygens (including phenoxy) is 1. The zero-order valence-electron chi connectivity index (χ0n) is 12.0. The molecule has 1 heterocycles. The first kappa shape index (κ1) is 15.5. The van der Waals surface area contributed by atoms with Crippen molar-refractivity contribution in [2.45, 2.75) is 30.3 Å². The van der Waals surface area contributed by atoms with E-state index >= 15 is 0 Å². The Bertz CT molecular complexity index is 580. The number of benzene rings is 1. The topological polar surface area (TPSA) is 59.9 Å². The first-order valence-corrected chi connectivity index (χ1v) is 7.59. The molecule has 2 aromatic rings. The third-order valence-electron chi connectivity index (χ3n) is 2.39. The minimum Gasteiger partial charge on any atom is -0.463 e. The highest BCUT2D eigenvalue weighted by atomic mass is 32.2. The van der Waals surface area contributed by atoms with E-state index in [0.29, 0.717) is 30.3 Å². The van der Waals surface area contributed by atoms with E-state index in [1.807, 2.05) is 13.8 Å². The monoisotopic (exact) mass is 308 g/mol. The van der Waals surface area contributed by atoms with Crippen molar-refractivity contribution in [2.24, 2.45) is 0 Å². The molecule has 0 aliphatic rings. The molecule has 0 amide bonds. The molecule has 0 aliphatic heterocycles. The first-order valence-electron chi connectivity index (χ1n) is 6.77. The first-order chi connectivity index (χ1) is 10.2. The van der Waals surface area contributed by atoms with Crippen LogP contribution in [0.5, 0.6) is 6.01 Å². The van der Waals surface area contributed by atoms with Gasteiger partial charge in [-0.05, 0) is 49.4 Å². The number of nitrogens with zero attached hydrogens (tertiary/aromatic N) is 3. The van der Waals surface area contributed by atoms with Crippen molar-refractivity contribution < 1.29 is 9.13 Å². The summed E-state index contributed by atoms with van der Waals surface area (Å²) in [5, 5.41) is 3.56. The summed E-state index contributed by atoms with van der Waals surface area (Å²) in [5.74, 6) is 0.207. The van der Waals surface area contributed by atoms with Gasteiger partial charge in [-0.2, -0.15) is 15.0 Å². The smallest absolute Gasteiger partial charge is 0.322 e. The van der Waals surface area contributed by atoms with Gasteiger partial charge in [0.1, 0.15) is 5.82 Å². The largest absolute Gasteiger partial charge is 0.463 e. The van der Waals surface area contributed by atoms with Crippen molar-refractivity contribution in [1.82, 2.24) is 15.0 Å². The highest BCUT2D eigenvalue weighted by Crippen LogP contribution is 2.26. The summed E-state index contributed by atoms with van der Waals surface area (Å²) < 4.78 is 18.4. The van der Waals surface area contributed by atoms with Crippen LogP contribution in [-0.2, 0) is 0 Å². The summed E-state index contributed by atoms with van der Waals surface area (Å²) in [6, 6.07) is 6.48. The summed E-state index contributed by atoms with van der Waals surface area (Å²) in [4.78, 5) is 13.6. The molecule has 21 heavy (non-hydrogen) atoms. The highest BCUT2D eigenvalue weighted by Gasteiger charge is 2.09. The van der Waals surface area contributed by atoms with E-state index < -0.39 is 0 Å². The fourth-order valence-corrected chi connectivity index (χ4v) is 2.23. The molecule has 0 bridgehead atoms. The van der Waals surface area contributed by atoms with E-state index in [2.05, 4.69) is 20.3 Å². The van der Waals surface area contributed by atoms with Gasteiger partial charge in [0.2, 0.25) is 11.1 Å². The molecular formula is C14H17FN4OS. The Kier molecular flexibility index (Phi) is 5.74. The van der Waals surface area contributed by atoms with Gasteiger partial charge in [-0.1, -0.05) is 6.92 Å². The molecule has 0 spiro atoms. The molecular weight excluding hydrogens is 291 g/mol. The van der Waals surface area contributed by atoms with Gasteiger partial charge < -0.3 is 10.1 Å². The number of hydrogen-bond acceptors (Lipinski definition) is 6. The quantitative estimate of drug-likeness (QED) is 0.846. The average Bonchev–Trinajstić information content (AvgIpc) is 2.48. The Labute approximate surface area is 127 Å². The average molecular weight is 308 g/mol. The van der Waals surface area contributed by atoms with Gasteiger partial charge in [0.05, 0.1) is 6.61 Å². The normalized spacial score (nSPS) is 10.4. The Morgan fingerprint density at radius 2 is 1.90 bits per heavy atom. The molecule has 0 fully saturated rings. The number of aromatic nitrogens is 3. The van der Waals surface area contributed by atoms with Gasteiger partial charge in [0.25, 0.3) is 0 Å². The van der Waals surface area contributed by atoms with Crippen LogP contribution in [0.25, 0.3) is 0 Å². The minimum atomic E-state index is -0.268. The van der Waals surface area contributed by atoms with Crippen LogP contribution in [0.4, 0.5) is 10.3 Å².